The van der Waals surface area contributed by atoms with Crippen molar-refractivity contribution in [2.75, 3.05) is 37.7 Å². The van der Waals surface area contributed by atoms with Crippen molar-refractivity contribution in [3.63, 3.8) is 0 Å². The zero-order valence-corrected chi connectivity index (χ0v) is 15.9. The number of aliphatic hydroxyl groups excluding tert-OH is 1. The molecule has 27 heavy (non-hydrogen) atoms. The van der Waals surface area contributed by atoms with Crippen LogP contribution in [0.15, 0.2) is 48.5 Å². The molecule has 0 radical (unpaired) electrons. The number of piperidine rings is 2. The molecule has 4 heteroatoms. The second-order valence-electron chi connectivity index (χ2n) is 7.96. The van der Waals surface area contributed by atoms with E-state index in [9.17, 15) is 9.50 Å². The first-order chi connectivity index (χ1) is 13.2. The molecule has 2 aliphatic rings. The van der Waals surface area contributed by atoms with E-state index in [1.165, 1.54) is 44.0 Å². The fourth-order valence-electron chi connectivity index (χ4n) is 4.60. The summed E-state index contributed by atoms with van der Waals surface area (Å²) in [6, 6.07) is 15.9. The molecule has 0 bridgehead atoms. The average Bonchev–Trinajstić information content (AvgIpc) is 2.74. The quantitative estimate of drug-likeness (QED) is 0.878. The van der Waals surface area contributed by atoms with Gasteiger partial charge in [-0.25, -0.2) is 4.39 Å². The molecule has 2 aromatic carbocycles. The van der Waals surface area contributed by atoms with E-state index in [1.807, 2.05) is 6.07 Å². The summed E-state index contributed by atoms with van der Waals surface area (Å²) in [5.41, 5.74) is 3.22. The van der Waals surface area contributed by atoms with E-state index in [-0.39, 0.29) is 5.82 Å². The van der Waals surface area contributed by atoms with Gasteiger partial charge in [-0.15, -0.1) is 0 Å². The predicted octanol–water partition coefficient (Wildman–Crippen LogP) is 4.17. The Labute approximate surface area is 161 Å². The molecule has 0 unspecified atom stereocenters. The molecule has 1 N–H and O–H groups in total. The van der Waals surface area contributed by atoms with Crippen molar-refractivity contribution in [1.29, 1.82) is 0 Å². The van der Waals surface area contributed by atoms with Gasteiger partial charge in [0.2, 0.25) is 0 Å². The Bertz CT molecular complexity index is 740. The molecule has 0 aliphatic carbocycles. The second kappa shape index (κ2) is 8.41. The standard InChI is InChI=1S/C23H29FN2O/c24-21-5-1-4-20(15-21)19-6-8-22(9-7-19)25-13-10-23(11-14-25)26-12-2-3-18(16-26)17-27/h1,4-9,15,18,23,27H,2-3,10-14,16-17H2/t18-/m0/s1. The number of halogens is 1. The highest BCUT2D eigenvalue weighted by atomic mass is 19.1. The molecular weight excluding hydrogens is 339 g/mol. The summed E-state index contributed by atoms with van der Waals surface area (Å²) in [4.78, 5) is 5.06. The molecule has 0 aromatic heterocycles. The van der Waals surface area contributed by atoms with Crippen LogP contribution >= 0.6 is 0 Å². The number of anilines is 1. The fourth-order valence-corrected chi connectivity index (χ4v) is 4.60. The van der Waals surface area contributed by atoms with Gasteiger partial charge in [0.25, 0.3) is 0 Å². The normalized spacial score (nSPS) is 22.1. The SMILES string of the molecule is OC[C@H]1CCCN(C2CCN(c3ccc(-c4cccc(F)c4)cc3)CC2)C1. The fraction of sp³-hybridized carbons (Fsp3) is 0.478. The van der Waals surface area contributed by atoms with Crippen LogP contribution < -0.4 is 4.90 Å². The lowest BCUT2D eigenvalue weighted by molar-refractivity contribution is 0.0778. The van der Waals surface area contributed by atoms with Crippen molar-refractivity contribution in [2.45, 2.75) is 31.7 Å². The maximum atomic E-state index is 13.4. The molecule has 0 spiro atoms. The number of likely N-dealkylation sites (tertiary alicyclic amines) is 1. The topological polar surface area (TPSA) is 26.7 Å². The number of nitrogens with zero attached hydrogens (tertiary/aromatic N) is 2. The molecular formula is C23H29FN2O. The van der Waals surface area contributed by atoms with Crippen LogP contribution in [0.2, 0.25) is 0 Å². The van der Waals surface area contributed by atoms with E-state index in [0.717, 1.165) is 30.8 Å². The Kier molecular flexibility index (Phi) is 5.74. The van der Waals surface area contributed by atoms with Crippen molar-refractivity contribution in [2.24, 2.45) is 5.92 Å². The van der Waals surface area contributed by atoms with Crippen LogP contribution in [0.25, 0.3) is 11.1 Å². The van der Waals surface area contributed by atoms with E-state index in [0.29, 0.717) is 18.6 Å². The minimum absolute atomic E-state index is 0.195. The lowest BCUT2D eigenvalue weighted by atomic mass is 9.94. The van der Waals surface area contributed by atoms with Crippen LogP contribution in [0.5, 0.6) is 0 Å². The van der Waals surface area contributed by atoms with Gasteiger partial charge in [0.15, 0.2) is 0 Å². The number of benzene rings is 2. The molecule has 2 aliphatic heterocycles. The van der Waals surface area contributed by atoms with E-state index in [2.05, 4.69) is 34.1 Å². The highest BCUT2D eigenvalue weighted by Gasteiger charge is 2.28. The summed E-state index contributed by atoms with van der Waals surface area (Å²) in [6.45, 7) is 4.72. The Hall–Kier alpha value is -1.91. The predicted molar refractivity (Wildman–Crippen MR) is 108 cm³/mol. The number of rotatable bonds is 4. The lowest BCUT2D eigenvalue weighted by Gasteiger charge is -2.42. The van der Waals surface area contributed by atoms with E-state index < -0.39 is 0 Å². The second-order valence-corrected chi connectivity index (χ2v) is 7.96. The van der Waals surface area contributed by atoms with Gasteiger partial charge >= 0.3 is 0 Å². The number of hydrogen-bond acceptors (Lipinski definition) is 3. The van der Waals surface area contributed by atoms with Gasteiger partial charge in [-0.2, -0.15) is 0 Å². The Morgan fingerprint density at radius 1 is 0.926 bits per heavy atom. The largest absolute Gasteiger partial charge is 0.396 e. The Morgan fingerprint density at radius 3 is 2.41 bits per heavy atom. The van der Waals surface area contributed by atoms with Crippen LogP contribution in [0, 0.1) is 11.7 Å². The monoisotopic (exact) mass is 368 g/mol. The first-order valence-electron chi connectivity index (χ1n) is 10.2. The third kappa shape index (κ3) is 4.33. The molecule has 0 amide bonds. The van der Waals surface area contributed by atoms with Crippen LogP contribution in [0.1, 0.15) is 25.7 Å². The maximum Gasteiger partial charge on any atom is 0.123 e. The molecule has 2 fully saturated rings. The summed E-state index contributed by atoms with van der Waals surface area (Å²) in [6.07, 6.45) is 4.75. The summed E-state index contributed by atoms with van der Waals surface area (Å²) >= 11 is 0. The van der Waals surface area contributed by atoms with Crippen molar-refractivity contribution < 1.29 is 9.50 Å². The molecule has 4 rings (SSSR count). The van der Waals surface area contributed by atoms with Gasteiger partial charge in [0.1, 0.15) is 5.82 Å². The first-order valence-corrected chi connectivity index (χ1v) is 10.2. The molecule has 144 valence electrons. The van der Waals surface area contributed by atoms with Crippen molar-refractivity contribution in [3.8, 4) is 11.1 Å². The Balaban J connectivity index is 1.35. The summed E-state index contributed by atoms with van der Waals surface area (Å²) in [5, 5.41) is 9.46. The maximum absolute atomic E-state index is 13.4. The van der Waals surface area contributed by atoms with E-state index in [1.54, 1.807) is 12.1 Å². The molecule has 2 saturated heterocycles. The molecule has 2 aromatic rings. The zero-order chi connectivity index (χ0) is 18.6. The number of hydrogen-bond donors (Lipinski definition) is 1. The van der Waals surface area contributed by atoms with Crippen molar-refractivity contribution in [3.05, 3.63) is 54.3 Å². The highest BCUT2D eigenvalue weighted by molar-refractivity contribution is 5.66. The third-order valence-electron chi connectivity index (χ3n) is 6.18. The molecule has 3 nitrogen and oxygen atoms in total. The summed E-state index contributed by atoms with van der Waals surface area (Å²) < 4.78 is 13.4. The van der Waals surface area contributed by atoms with Gasteiger partial charge in [0.05, 0.1) is 0 Å². The zero-order valence-electron chi connectivity index (χ0n) is 15.9. The van der Waals surface area contributed by atoms with E-state index >= 15 is 0 Å². The van der Waals surface area contributed by atoms with Crippen LogP contribution in [-0.4, -0.2) is 48.8 Å². The average molecular weight is 368 g/mol. The van der Waals surface area contributed by atoms with Gasteiger partial charge in [-0.3, -0.25) is 4.90 Å². The van der Waals surface area contributed by atoms with E-state index in [4.69, 9.17) is 0 Å². The van der Waals surface area contributed by atoms with Gasteiger partial charge in [-0.1, -0.05) is 24.3 Å². The lowest BCUT2D eigenvalue weighted by Crippen LogP contribution is -2.49. The van der Waals surface area contributed by atoms with Gasteiger partial charge in [-0.05, 0) is 73.5 Å². The number of aliphatic hydroxyl groups is 1. The first kappa shape index (κ1) is 18.5. The molecule has 1 atom stereocenters. The van der Waals surface area contributed by atoms with Crippen LogP contribution in [0.4, 0.5) is 10.1 Å². The third-order valence-corrected chi connectivity index (χ3v) is 6.18. The summed E-state index contributed by atoms with van der Waals surface area (Å²) in [7, 11) is 0. The van der Waals surface area contributed by atoms with Crippen LogP contribution in [0.3, 0.4) is 0 Å². The Morgan fingerprint density at radius 2 is 1.70 bits per heavy atom. The van der Waals surface area contributed by atoms with Gasteiger partial charge in [0, 0.05) is 38.0 Å². The highest BCUT2D eigenvalue weighted by Crippen LogP contribution is 2.28. The smallest absolute Gasteiger partial charge is 0.123 e. The molecule has 0 saturated carbocycles. The van der Waals surface area contributed by atoms with Crippen LogP contribution in [-0.2, 0) is 0 Å². The van der Waals surface area contributed by atoms with Crippen molar-refractivity contribution in [1.82, 2.24) is 4.90 Å². The minimum Gasteiger partial charge on any atom is -0.396 e. The van der Waals surface area contributed by atoms with Gasteiger partial charge < -0.3 is 10.0 Å². The van der Waals surface area contributed by atoms with Crippen molar-refractivity contribution >= 4 is 5.69 Å². The minimum atomic E-state index is -0.195. The molecule has 2 heterocycles. The summed E-state index contributed by atoms with van der Waals surface area (Å²) in [5.74, 6) is 0.270.